The maximum atomic E-state index is 13.3. The SMILES string of the molecule is CO[C@H]1CN(C)C(=O)c2cc(NC(C)=O)ccc2OC[C@@H](C)N(Cc2nccs2)C[C@H]1C. The van der Waals surface area contributed by atoms with Crippen molar-refractivity contribution in [2.75, 3.05) is 39.2 Å². The predicted molar refractivity (Wildman–Crippen MR) is 125 cm³/mol. The lowest BCUT2D eigenvalue weighted by atomic mass is 10.0. The van der Waals surface area contributed by atoms with Gasteiger partial charge in [-0.2, -0.15) is 0 Å². The Morgan fingerprint density at radius 2 is 2.12 bits per heavy atom. The molecule has 2 amide bonds. The summed E-state index contributed by atoms with van der Waals surface area (Å²) in [6.07, 6.45) is 1.69. The molecule has 1 aliphatic heterocycles. The van der Waals surface area contributed by atoms with Crippen molar-refractivity contribution in [2.24, 2.45) is 5.92 Å². The second-order valence-corrected chi connectivity index (χ2v) is 9.32. The first-order valence-electron chi connectivity index (χ1n) is 10.7. The molecule has 1 aromatic carbocycles. The Balaban J connectivity index is 1.94. The molecule has 1 N–H and O–H groups in total. The summed E-state index contributed by atoms with van der Waals surface area (Å²) in [6, 6.07) is 5.25. The summed E-state index contributed by atoms with van der Waals surface area (Å²) in [5, 5.41) is 5.78. The van der Waals surface area contributed by atoms with Gasteiger partial charge in [0.1, 0.15) is 17.4 Å². The molecule has 2 heterocycles. The van der Waals surface area contributed by atoms with Gasteiger partial charge in [0.2, 0.25) is 5.91 Å². The third-order valence-electron chi connectivity index (χ3n) is 5.72. The summed E-state index contributed by atoms with van der Waals surface area (Å²) < 4.78 is 11.9. The Hall–Kier alpha value is -2.49. The lowest BCUT2D eigenvalue weighted by molar-refractivity contribution is -0.114. The number of carbonyl (C=O) groups is 2. The number of amides is 2. The third-order valence-corrected chi connectivity index (χ3v) is 6.48. The van der Waals surface area contributed by atoms with Crippen molar-refractivity contribution in [1.29, 1.82) is 0 Å². The van der Waals surface area contributed by atoms with E-state index in [9.17, 15) is 9.59 Å². The number of fused-ring (bicyclic) bond motifs is 1. The van der Waals surface area contributed by atoms with Crippen molar-refractivity contribution in [1.82, 2.24) is 14.8 Å². The molecule has 32 heavy (non-hydrogen) atoms. The number of likely N-dealkylation sites (N-methyl/N-ethyl adjacent to an activating group) is 1. The maximum Gasteiger partial charge on any atom is 0.257 e. The van der Waals surface area contributed by atoms with E-state index in [1.54, 1.807) is 48.6 Å². The fraction of sp³-hybridized carbons (Fsp3) is 0.522. The van der Waals surface area contributed by atoms with Crippen LogP contribution in [0.15, 0.2) is 29.8 Å². The Bertz CT molecular complexity index is 921. The number of thiazole rings is 1. The molecule has 0 bridgehead atoms. The Kier molecular flexibility index (Phi) is 8.22. The highest BCUT2D eigenvalue weighted by molar-refractivity contribution is 7.09. The lowest BCUT2D eigenvalue weighted by Gasteiger charge is -2.35. The van der Waals surface area contributed by atoms with Gasteiger partial charge in [-0.05, 0) is 31.0 Å². The Morgan fingerprint density at radius 3 is 2.78 bits per heavy atom. The monoisotopic (exact) mass is 460 g/mol. The quantitative estimate of drug-likeness (QED) is 0.755. The lowest BCUT2D eigenvalue weighted by Crippen LogP contribution is -2.46. The first-order valence-corrected chi connectivity index (χ1v) is 11.6. The van der Waals surface area contributed by atoms with Crippen molar-refractivity contribution in [3.63, 3.8) is 0 Å². The fourth-order valence-corrected chi connectivity index (χ4v) is 4.50. The number of aromatic nitrogens is 1. The van der Waals surface area contributed by atoms with Crippen molar-refractivity contribution < 1.29 is 19.1 Å². The first-order chi connectivity index (χ1) is 15.3. The molecule has 0 unspecified atom stereocenters. The predicted octanol–water partition coefficient (Wildman–Crippen LogP) is 3.11. The van der Waals surface area contributed by atoms with E-state index < -0.39 is 0 Å². The standard InChI is InChI=1S/C23H32N4O4S/c1-15-11-27(13-22-24-8-9-32-22)16(2)14-31-20-7-6-18(25-17(3)28)10-19(20)23(29)26(4)12-21(15)30-5/h6-10,15-16,21H,11-14H2,1-5H3,(H,25,28)/t15-,16-,21+/m1/s1. The number of ether oxygens (including phenoxy) is 2. The second kappa shape index (κ2) is 10.9. The van der Waals surface area contributed by atoms with E-state index >= 15 is 0 Å². The number of carbonyl (C=O) groups excluding carboxylic acids is 2. The van der Waals surface area contributed by atoms with Crippen LogP contribution in [0.5, 0.6) is 5.75 Å². The van der Waals surface area contributed by atoms with E-state index in [4.69, 9.17) is 9.47 Å². The van der Waals surface area contributed by atoms with Gasteiger partial charge in [0, 0.05) is 57.5 Å². The van der Waals surface area contributed by atoms with Gasteiger partial charge in [-0.3, -0.25) is 14.5 Å². The molecule has 1 aliphatic rings. The zero-order valence-corrected chi connectivity index (χ0v) is 20.1. The minimum absolute atomic E-state index is 0.0917. The zero-order chi connectivity index (χ0) is 23.3. The van der Waals surface area contributed by atoms with Crippen LogP contribution in [0.3, 0.4) is 0 Å². The molecule has 0 saturated carbocycles. The minimum Gasteiger partial charge on any atom is -0.491 e. The second-order valence-electron chi connectivity index (χ2n) is 8.34. The number of anilines is 1. The van der Waals surface area contributed by atoms with Crippen molar-refractivity contribution in [3.05, 3.63) is 40.3 Å². The van der Waals surface area contributed by atoms with E-state index in [0.29, 0.717) is 30.2 Å². The number of hydrogen-bond donors (Lipinski definition) is 1. The van der Waals surface area contributed by atoms with Crippen LogP contribution >= 0.6 is 11.3 Å². The molecule has 0 radical (unpaired) electrons. The molecule has 2 aromatic rings. The fourth-order valence-electron chi connectivity index (χ4n) is 3.86. The van der Waals surface area contributed by atoms with E-state index in [-0.39, 0.29) is 29.9 Å². The number of methoxy groups -OCH3 is 1. The molecule has 0 spiro atoms. The molecule has 174 valence electrons. The number of rotatable bonds is 4. The van der Waals surface area contributed by atoms with Crippen LogP contribution in [0.1, 0.15) is 36.1 Å². The summed E-state index contributed by atoms with van der Waals surface area (Å²) in [6.45, 7) is 8.08. The molecular weight excluding hydrogens is 428 g/mol. The third kappa shape index (κ3) is 6.05. The number of nitrogens with zero attached hydrogens (tertiary/aromatic N) is 3. The number of hydrogen-bond acceptors (Lipinski definition) is 7. The van der Waals surface area contributed by atoms with Crippen LogP contribution in [-0.4, -0.2) is 72.6 Å². The number of benzene rings is 1. The largest absolute Gasteiger partial charge is 0.491 e. The molecule has 9 heteroatoms. The van der Waals surface area contributed by atoms with Crippen LogP contribution < -0.4 is 10.1 Å². The molecule has 0 aliphatic carbocycles. The van der Waals surface area contributed by atoms with E-state index in [1.807, 2.05) is 11.6 Å². The first kappa shape index (κ1) is 24.2. The highest BCUT2D eigenvalue weighted by atomic mass is 32.1. The van der Waals surface area contributed by atoms with Crippen LogP contribution in [0.4, 0.5) is 5.69 Å². The van der Waals surface area contributed by atoms with Crippen molar-refractivity contribution in [2.45, 2.75) is 39.5 Å². The average Bonchev–Trinajstić information content (AvgIpc) is 3.27. The Labute approximate surface area is 193 Å². The van der Waals surface area contributed by atoms with Gasteiger partial charge < -0.3 is 19.7 Å². The summed E-state index contributed by atoms with van der Waals surface area (Å²) in [4.78, 5) is 33.2. The average molecular weight is 461 g/mol. The van der Waals surface area contributed by atoms with Gasteiger partial charge >= 0.3 is 0 Å². The van der Waals surface area contributed by atoms with Crippen molar-refractivity contribution >= 4 is 28.8 Å². The Morgan fingerprint density at radius 1 is 1.34 bits per heavy atom. The summed E-state index contributed by atoms with van der Waals surface area (Å²) >= 11 is 1.64. The normalized spacial score (nSPS) is 23.0. The van der Waals surface area contributed by atoms with Gasteiger partial charge in [-0.15, -0.1) is 11.3 Å². The molecular formula is C23H32N4O4S. The van der Waals surface area contributed by atoms with Crippen molar-refractivity contribution in [3.8, 4) is 5.75 Å². The smallest absolute Gasteiger partial charge is 0.257 e. The van der Waals surface area contributed by atoms with E-state index in [1.165, 1.54) is 6.92 Å². The van der Waals surface area contributed by atoms with Gasteiger partial charge in [0.25, 0.3) is 5.91 Å². The molecule has 0 fully saturated rings. The van der Waals surface area contributed by atoms with Crippen LogP contribution in [-0.2, 0) is 16.1 Å². The van der Waals surface area contributed by atoms with Crippen LogP contribution in [0.25, 0.3) is 0 Å². The topological polar surface area (TPSA) is 84.0 Å². The molecule has 8 nitrogen and oxygen atoms in total. The summed E-state index contributed by atoms with van der Waals surface area (Å²) in [5.41, 5.74) is 0.976. The van der Waals surface area contributed by atoms with Gasteiger partial charge in [0.05, 0.1) is 18.2 Å². The summed E-state index contributed by atoms with van der Waals surface area (Å²) in [5.74, 6) is 0.315. The number of nitrogens with one attached hydrogen (secondary N) is 1. The highest BCUT2D eigenvalue weighted by Gasteiger charge is 2.28. The molecule has 1 aromatic heterocycles. The molecule has 0 saturated heterocycles. The summed E-state index contributed by atoms with van der Waals surface area (Å²) in [7, 11) is 3.45. The van der Waals surface area contributed by atoms with Gasteiger partial charge in [-0.25, -0.2) is 4.98 Å². The van der Waals surface area contributed by atoms with Crippen LogP contribution in [0.2, 0.25) is 0 Å². The molecule has 3 rings (SSSR count). The maximum absolute atomic E-state index is 13.3. The molecule has 3 atom stereocenters. The van der Waals surface area contributed by atoms with Gasteiger partial charge in [0.15, 0.2) is 0 Å². The minimum atomic E-state index is -0.195. The van der Waals surface area contributed by atoms with Gasteiger partial charge in [-0.1, -0.05) is 6.92 Å². The van der Waals surface area contributed by atoms with Crippen LogP contribution in [0, 0.1) is 5.92 Å². The highest BCUT2D eigenvalue weighted by Crippen LogP contribution is 2.27. The zero-order valence-electron chi connectivity index (χ0n) is 19.3. The van der Waals surface area contributed by atoms with E-state index in [0.717, 1.165) is 18.1 Å². The van der Waals surface area contributed by atoms with E-state index in [2.05, 4.69) is 29.0 Å².